The Hall–Kier alpha value is -7.96. The number of benzene rings is 8. The van der Waals surface area contributed by atoms with Crippen molar-refractivity contribution in [1.82, 2.24) is 29.9 Å². The normalized spacial score (nSPS) is 11.2. The van der Waals surface area contributed by atoms with Gasteiger partial charge in [0.1, 0.15) is 0 Å². The first-order valence-electron chi connectivity index (χ1n) is 20.0. The molecule has 0 N–H and O–H groups in total. The van der Waals surface area contributed by atoms with Gasteiger partial charge in [0.05, 0.1) is 0 Å². The molecule has 0 atom stereocenters. The lowest BCUT2D eigenvalue weighted by atomic mass is 9.90. The molecule has 0 radical (unpaired) electrons. The Morgan fingerprint density at radius 1 is 0.250 bits per heavy atom. The number of hydrogen-bond donors (Lipinski definition) is 0. The molecular weight excluding hydrogens is 733 g/mol. The van der Waals surface area contributed by atoms with Crippen molar-refractivity contribution in [2.75, 3.05) is 0 Å². The van der Waals surface area contributed by atoms with Crippen LogP contribution in [0.1, 0.15) is 11.1 Å². The molecule has 0 aliphatic heterocycles. The number of nitrogens with zero attached hydrogens (tertiary/aromatic N) is 6. The second-order valence-corrected chi connectivity index (χ2v) is 14.8. The summed E-state index contributed by atoms with van der Waals surface area (Å²) in [5.41, 5.74) is 12.2. The van der Waals surface area contributed by atoms with Gasteiger partial charge < -0.3 is 0 Å². The molecule has 8 aromatic carbocycles. The van der Waals surface area contributed by atoms with Crippen LogP contribution in [0, 0.1) is 13.8 Å². The average molecular weight is 771 g/mol. The maximum Gasteiger partial charge on any atom is 0.164 e. The quantitative estimate of drug-likeness (QED) is 0.153. The van der Waals surface area contributed by atoms with Crippen LogP contribution in [0.5, 0.6) is 0 Å². The minimum absolute atomic E-state index is 0.620. The molecule has 0 bridgehead atoms. The summed E-state index contributed by atoms with van der Waals surface area (Å²) in [6.45, 7) is 4.18. The minimum Gasteiger partial charge on any atom is -0.208 e. The van der Waals surface area contributed by atoms with Crippen LogP contribution in [0.15, 0.2) is 194 Å². The molecule has 0 aliphatic carbocycles. The Bertz CT molecular complexity index is 2970. The van der Waals surface area contributed by atoms with Crippen molar-refractivity contribution in [3.63, 3.8) is 0 Å². The molecule has 0 saturated carbocycles. The molecular formula is C54H38N6. The summed E-state index contributed by atoms with van der Waals surface area (Å²) in [5.74, 6) is 3.81. The summed E-state index contributed by atoms with van der Waals surface area (Å²) in [5, 5.41) is 2.29. The van der Waals surface area contributed by atoms with Gasteiger partial charge >= 0.3 is 0 Å². The number of aryl methyl sites for hydroxylation is 2. The van der Waals surface area contributed by atoms with Crippen LogP contribution in [0.4, 0.5) is 0 Å². The van der Waals surface area contributed by atoms with Gasteiger partial charge in [0.25, 0.3) is 0 Å². The van der Waals surface area contributed by atoms with E-state index in [9.17, 15) is 0 Å². The lowest BCUT2D eigenvalue weighted by molar-refractivity contribution is 1.07. The van der Waals surface area contributed by atoms with Crippen LogP contribution in [0.25, 0.3) is 101 Å². The highest BCUT2D eigenvalue weighted by Crippen LogP contribution is 2.39. The maximum absolute atomic E-state index is 5.08. The van der Waals surface area contributed by atoms with Crippen LogP contribution in [0.2, 0.25) is 0 Å². The van der Waals surface area contributed by atoms with E-state index in [1.165, 1.54) is 0 Å². The van der Waals surface area contributed by atoms with E-state index in [0.717, 1.165) is 77.5 Å². The third-order valence-corrected chi connectivity index (χ3v) is 10.9. The molecule has 2 aromatic heterocycles. The Morgan fingerprint density at radius 3 is 1.00 bits per heavy atom. The Morgan fingerprint density at radius 2 is 0.567 bits per heavy atom. The highest BCUT2D eigenvalue weighted by atomic mass is 15.0. The van der Waals surface area contributed by atoms with E-state index in [4.69, 9.17) is 29.9 Å². The molecule has 10 aromatic rings. The summed E-state index contributed by atoms with van der Waals surface area (Å²) in [7, 11) is 0. The molecule has 60 heavy (non-hydrogen) atoms. The third kappa shape index (κ3) is 7.12. The first-order chi connectivity index (χ1) is 29.6. The van der Waals surface area contributed by atoms with Gasteiger partial charge in [-0.3, -0.25) is 0 Å². The van der Waals surface area contributed by atoms with Crippen molar-refractivity contribution >= 4 is 10.8 Å². The highest BCUT2D eigenvalue weighted by Gasteiger charge is 2.18. The van der Waals surface area contributed by atoms with E-state index in [0.29, 0.717) is 34.9 Å². The second kappa shape index (κ2) is 15.8. The summed E-state index contributed by atoms with van der Waals surface area (Å²) in [6, 6.07) is 66.7. The Kier molecular flexibility index (Phi) is 9.56. The van der Waals surface area contributed by atoms with Gasteiger partial charge in [-0.15, -0.1) is 0 Å². The van der Waals surface area contributed by atoms with Gasteiger partial charge in [0.2, 0.25) is 0 Å². The van der Waals surface area contributed by atoms with Crippen LogP contribution in [0.3, 0.4) is 0 Å². The van der Waals surface area contributed by atoms with Crippen molar-refractivity contribution in [1.29, 1.82) is 0 Å². The van der Waals surface area contributed by atoms with E-state index in [1.54, 1.807) is 0 Å². The predicted octanol–water partition coefficient (Wildman–Crippen LogP) is 13.2. The van der Waals surface area contributed by atoms with E-state index >= 15 is 0 Å². The van der Waals surface area contributed by atoms with Crippen LogP contribution >= 0.6 is 0 Å². The van der Waals surface area contributed by atoms with Crippen LogP contribution in [-0.4, -0.2) is 29.9 Å². The van der Waals surface area contributed by atoms with Gasteiger partial charge in [-0.1, -0.05) is 182 Å². The number of hydrogen-bond acceptors (Lipinski definition) is 6. The molecule has 6 heteroatoms. The smallest absolute Gasteiger partial charge is 0.164 e. The summed E-state index contributed by atoms with van der Waals surface area (Å²) in [6.07, 6.45) is 0. The summed E-state index contributed by atoms with van der Waals surface area (Å²) < 4.78 is 0. The van der Waals surface area contributed by atoms with E-state index < -0.39 is 0 Å². The fourth-order valence-electron chi connectivity index (χ4n) is 7.80. The van der Waals surface area contributed by atoms with Gasteiger partial charge in [0, 0.05) is 33.4 Å². The van der Waals surface area contributed by atoms with Gasteiger partial charge in [-0.05, 0) is 70.1 Å². The molecule has 0 fully saturated rings. The first kappa shape index (κ1) is 36.4. The predicted molar refractivity (Wildman–Crippen MR) is 244 cm³/mol. The van der Waals surface area contributed by atoms with Gasteiger partial charge in [-0.25, -0.2) is 29.9 Å². The average Bonchev–Trinajstić information content (AvgIpc) is 3.32. The molecule has 0 amide bonds. The monoisotopic (exact) mass is 770 g/mol. The molecule has 10 rings (SSSR count). The van der Waals surface area contributed by atoms with E-state index in [-0.39, 0.29) is 0 Å². The SMILES string of the molecule is Cc1ccccc1-c1nc(-c2ccccc2)nc(-c2cccc(-c3cccc4cccc(-c5cccc(-c6nc(-c7ccccc7)nc(-c7ccccc7C)n6)c5)c34)c2)n1. The molecule has 0 saturated heterocycles. The van der Waals surface area contributed by atoms with Crippen molar-refractivity contribution in [3.8, 4) is 90.6 Å². The molecule has 0 unspecified atom stereocenters. The maximum atomic E-state index is 5.08. The largest absolute Gasteiger partial charge is 0.208 e. The number of aromatic nitrogens is 6. The van der Waals surface area contributed by atoms with Crippen molar-refractivity contribution in [2.45, 2.75) is 13.8 Å². The Balaban J connectivity index is 1.09. The molecule has 2 heterocycles. The van der Waals surface area contributed by atoms with Gasteiger partial charge in [0.15, 0.2) is 34.9 Å². The minimum atomic E-state index is 0.620. The van der Waals surface area contributed by atoms with Crippen molar-refractivity contribution in [2.24, 2.45) is 0 Å². The topological polar surface area (TPSA) is 77.3 Å². The Labute approximate surface area is 349 Å². The number of rotatable bonds is 8. The standard InChI is InChI=1S/C54H38N6/c1-35-17-9-11-29-44(35)53-57-49(38-19-5-3-6-20-38)55-51(59-53)42-27-13-25-40(33-42)46-31-15-23-37-24-16-32-47(48(37)46)41-26-14-28-43(34-41)52-56-50(39-21-7-4-8-22-39)58-54(60-52)45-30-12-10-18-36(45)2/h3-34H,1-2H3. The third-order valence-electron chi connectivity index (χ3n) is 10.9. The zero-order valence-corrected chi connectivity index (χ0v) is 33.2. The lowest BCUT2D eigenvalue weighted by Gasteiger charge is -2.15. The lowest BCUT2D eigenvalue weighted by Crippen LogP contribution is -2.01. The van der Waals surface area contributed by atoms with Crippen molar-refractivity contribution < 1.29 is 0 Å². The van der Waals surface area contributed by atoms with E-state index in [2.05, 4.69) is 123 Å². The second-order valence-electron chi connectivity index (χ2n) is 14.8. The zero-order valence-electron chi connectivity index (χ0n) is 33.2. The van der Waals surface area contributed by atoms with E-state index in [1.807, 2.05) is 84.9 Å². The highest BCUT2D eigenvalue weighted by molar-refractivity contribution is 6.07. The fraction of sp³-hybridized carbons (Fsp3) is 0.0370. The zero-order chi connectivity index (χ0) is 40.4. The van der Waals surface area contributed by atoms with Crippen LogP contribution in [-0.2, 0) is 0 Å². The molecule has 6 nitrogen and oxygen atoms in total. The summed E-state index contributed by atoms with van der Waals surface area (Å²) in [4.78, 5) is 30.2. The molecule has 0 aliphatic rings. The van der Waals surface area contributed by atoms with Gasteiger partial charge in [-0.2, -0.15) is 0 Å². The van der Waals surface area contributed by atoms with Crippen molar-refractivity contribution in [3.05, 3.63) is 205 Å². The fourth-order valence-corrected chi connectivity index (χ4v) is 7.80. The molecule has 284 valence electrons. The number of fused-ring (bicyclic) bond motifs is 1. The van der Waals surface area contributed by atoms with Crippen LogP contribution < -0.4 is 0 Å². The first-order valence-corrected chi connectivity index (χ1v) is 20.0. The molecule has 0 spiro atoms. The summed E-state index contributed by atoms with van der Waals surface area (Å²) >= 11 is 0.